The van der Waals surface area contributed by atoms with Crippen molar-refractivity contribution in [3.63, 3.8) is 0 Å². The Morgan fingerprint density at radius 2 is 1.75 bits per heavy atom. The zero-order valence-electron chi connectivity index (χ0n) is 6.29. The molecule has 2 heteroatoms. The van der Waals surface area contributed by atoms with E-state index >= 15 is 0 Å². The monoisotopic (exact) mass is 178 g/mol. The van der Waals surface area contributed by atoms with E-state index in [2.05, 4.69) is 0 Å². The molecule has 0 aliphatic heterocycles. The van der Waals surface area contributed by atoms with Gasteiger partial charge in [-0.15, -0.1) is 0 Å². The molecule has 0 aliphatic rings. The molecule has 12 heavy (non-hydrogen) atoms. The molecule has 0 fully saturated rings. The minimum atomic E-state index is 0.162. The first-order valence-electron chi connectivity index (χ1n) is 3.65. The van der Waals surface area contributed by atoms with Crippen LogP contribution in [0, 0.1) is 0 Å². The number of hydrogen-bond donors (Lipinski definition) is 1. The van der Waals surface area contributed by atoms with Gasteiger partial charge in [0.05, 0.1) is 5.02 Å². The fourth-order valence-corrected chi connectivity index (χ4v) is 1.39. The molecule has 0 amide bonds. The molecular weight excluding hydrogens is 172 g/mol. The quantitative estimate of drug-likeness (QED) is 0.657. The Morgan fingerprint density at radius 1 is 1.00 bits per heavy atom. The molecular formula is C10H7ClO. The van der Waals surface area contributed by atoms with Crippen LogP contribution < -0.4 is 0 Å². The van der Waals surface area contributed by atoms with Crippen LogP contribution in [0.15, 0.2) is 36.4 Å². The van der Waals surface area contributed by atoms with Gasteiger partial charge in [-0.1, -0.05) is 41.9 Å². The van der Waals surface area contributed by atoms with Gasteiger partial charge in [0.2, 0.25) is 0 Å². The zero-order chi connectivity index (χ0) is 8.55. The molecule has 0 unspecified atom stereocenters. The summed E-state index contributed by atoms with van der Waals surface area (Å²) in [5, 5.41) is 11.7. The first kappa shape index (κ1) is 7.44. The van der Waals surface area contributed by atoms with Crippen molar-refractivity contribution in [3.05, 3.63) is 41.4 Å². The van der Waals surface area contributed by atoms with Gasteiger partial charge in [-0.3, -0.25) is 0 Å². The maximum absolute atomic E-state index is 9.53. The van der Waals surface area contributed by atoms with Crippen LogP contribution >= 0.6 is 11.6 Å². The van der Waals surface area contributed by atoms with Gasteiger partial charge in [-0.05, 0) is 11.5 Å². The van der Waals surface area contributed by atoms with E-state index < -0.39 is 0 Å². The lowest BCUT2D eigenvalue weighted by atomic mass is 10.1. The molecule has 0 aromatic heterocycles. The summed E-state index contributed by atoms with van der Waals surface area (Å²) >= 11 is 5.74. The lowest BCUT2D eigenvalue weighted by molar-refractivity contribution is 0.482. The van der Waals surface area contributed by atoms with Gasteiger partial charge in [0.25, 0.3) is 0 Å². The van der Waals surface area contributed by atoms with Gasteiger partial charge in [-0.2, -0.15) is 0 Å². The van der Waals surface area contributed by atoms with Crippen LogP contribution in [-0.4, -0.2) is 5.11 Å². The van der Waals surface area contributed by atoms with E-state index in [0.29, 0.717) is 5.02 Å². The molecule has 2 aromatic carbocycles. The third kappa shape index (κ3) is 1.03. The minimum Gasteiger partial charge on any atom is -0.506 e. The maximum atomic E-state index is 9.53. The van der Waals surface area contributed by atoms with E-state index in [1.807, 2.05) is 30.3 Å². The Kier molecular flexibility index (Phi) is 1.66. The van der Waals surface area contributed by atoms with Gasteiger partial charge in [0.1, 0.15) is 5.75 Å². The fraction of sp³-hybridized carbons (Fsp3) is 0. The number of phenolic OH excluding ortho intramolecular Hbond substituents is 1. The molecule has 0 heterocycles. The van der Waals surface area contributed by atoms with E-state index in [4.69, 9.17) is 11.6 Å². The van der Waals surface area contributed by atoms with Gasteiger partial charge in [0, 0.05) is 5.39 Å². The number of aromatic hydroxyl groups is 1. The van der Waals surface area contributed by atoms with Crippen LogP contribution in [-0.2, 0) is 0 Å². The first-order chi connectivity index (χ1) is 5.79. The van der Waals surface area contributed by atoms with E-state index in [-0.39, 0.29) is 5.75 Å². The fourth-order valence-electron chi connectivity index (χ4n) is 1.23. The minimum absolute atomic E-state index is 0.162. The molecule has 0 saturated carbocycles. The van der Waals surface area contributed by atoms with Crippen LogP contribution in [0.4, 0.5) is 0 Å². The highest BCUT2D eigenvalue weighted by molar-refractivity contribution is 6.33. The normalized spacial score (nSPS) is 10.4. The number of benzene rings is 2. The molecule has 0 spiro atoms. The van der Waals surface area contributed by atoms with E-state index in [1.165, 1.54) is 0 Å². The molecule has 2 rings (SSSR count). The Morgan fingerprint density at radius 3 is 2.58 bits per heavy atom. The Bertz CT molecular complexity index is 423. The standard InChI is InChI=1S/C10H7ClO/c11-9-6-5-7-3-1-2-4-8(7)10(9)12/h1-6,12H. The molecule has 2 aromatic rings. The topological polar surface area (TPSA) is 20.2 Å². The SMILES string of the molecule is Oc1c(Cl)ccc2ccccc12. The van der Waals surface area contributed by atoms with Gasteiger partial charge >= 0.3 is 0 Å². The molecule has 0 atom stereocenters. The van der Waals surface area contributed by atoms with Crippen LogP contribution in [0.1, 0.15) is 0 Å². The number of halogens is 1. The summed E-state index contributed by atoms with van der Waals surface area (Å²) in [7, 11) is 0. The smallest absolute Gasteiger partial charge is 0.141 e. The summed E-state index contributed by atoms with van der Waals surface area (Å²) in [5.41, 5.74) is 0. The van der Waals surface area contributed by atoms with Crippen LogP contribution in [0.5, 0.6) is 5.75 Å². The number of fused-ring (bicyclic) bond motifs is 1. The van der Waals surface area contributed by atoms with Crippen molar-refractivity contribution in [2.24, 2.45) is 0 Å². The van der Waals surface area contributed by atoms with Crippen LogP contribution in [0.25, 0.3) is 10.8 Å². The highest BCUT2D eigenvalue weighted by Gasteiger charge is 2.01. The maximum Gasteiger partial charge on any atom is 0.141 e. The summed E-state index contributed by atoms with van der Waals surface area (Å²) in [5.74, 6) is 0.162. The molecule has 0 aliphatic carbocycles. The molecule has 0 bridgehead atoms. The van der Waals surface area contributed by atoms with Crippen molar-refractivity contribution >= 4 is 22.4 Å². The molecule has 1 nitrogen and oxygen atoms in total. The lowest BCUT2D eigenvalue weighted by Gasteiger charge is -2.01. The summed E-state index contributed by atoms with van der Waals surface area (Å²) in [6, 6.07) is 11.2. The molecule has 0 radical (unpaired) electrons. The third-order valence-corrected chi connectivity index (χ3v) is 2.16. The second-order valence-electron chi connectivity index (χ2n) is 2.62. The van der Waals surface area contributed by atoms with E-state index in [1.54, 1.807) is 6.07 Å². The van der Waals surface area contributed by atoms with Crippen LogP contribution in [0.2, 0.25) is 5.02 Å². The Labute approximate surface area is 75.2 Å². The van der Waals surface area contributed by atoms with Gasteiger partial charge < -0.3 is 5.11 Å². The van der Waals surface area contributed by atoms with Gasteiger partial charge in [0.15, 0.2) is 0 Å². The number of hydrogen-bond acceptors (Lipinski definition) is 1. The van der Waals surface area contributed by atoms with Gasteiger partial charge in [-0.25, -0.2) is 0 Å². The molecule has 1 N–H and O–H groups in total. The average Bonchev–Trinajstić information content (AvgIpc) is 2.12. The zero-order valence-corrected chi connectivity index (χ0v) is 7.05. The van der Waals surface area contributed by atoms with Crippen molar-refractivity contribution in [1.29, 1.82) is 0 Å². The number of rotatable bonds is 0. The lowest BCUT2D eigenvalue weighted by Crippen LogP contribution is -1.73. The Balaban J connectivity index is 2.91. The third-order valence-electron chi connectivity index (χ3n) is 1.85. The van der Waals surface area contributed by atoms with Crippen LogP contribution in [0.3, 0.4) is 0 Å². The highest BCUT2D eigenvalue weighted by atomic mass is 35.5. The van der Waals surface area contributed by atoms with Crippen molar-refractivity contribution in [2.45, 2.75) is 0 Å². The first-order valence-corrected chi connectivity index (χ1v) is 4.03. The predicted octanol–water partition coefficient (Wildman–Crippen LogP) is 3.20. The second-order valence-corrected chi connectivity index (χ2v) is 3.02. The summed E-state index contributed by atoms with van der Waals surface area (Å²) in [6.45, 7) is 0. The van der Waals surface area contributed by atoms with Crippen molar-refractivity contribution in [3.8, 4) is 5.75 Å². The van der Waals surface area contributed by atoms with Crippen molar-refractivity contribution in [1.82, 2.24) is 0 Å². The highest BCUT2D eigenvalue weighted by Crippen LogP contribution is 2.31. The summed E-state index contributed by atoms with van der Waals surface area (Å²) < 4.78 is 0. The molecule has 0 saturated heterocycles. The summed E-state index contributed by atoms with van der Waals surface area (Å²) in [6.07, 6.45) is 0. The van der Waals surface area contributed by atoms with Crippen molar-refractivity contribution in [2.75, 3.05) is 0 Å². The summed E-state index contributed by atoms with van der Waals surface area (Å²) in [4.78, 5) is 0. The van der Waals surface area contributed by atoms with E-state index in [0.717, 1.165) is 10.8 Å². The van der Waals surface area contributed by atoms with E-state index in [9.17, 15) is 5.11 Å². The molecule has 60 valence electrons. The van der Waals surface area contributed by atoms with Crippen molar-refractivity contribution < 1.29 is 5.11 Å². The number of phenols is 1. The predicted molar refractivity (Wildman–Crippen MR) is 50.6 cm³/mol. The average molecular weight is 179 g/mol. The Hall–Kier alpha value is -1.21. The second kappa shape index (κ2) is 2.68. The largest absolute Gasteiger partial charge is 0.506 e.